The van der Waals surface area contributed by atoms with Crippen molar-refractivity contribution in [2.45, 2.75) is 58.2 Å². The maximum absolute atomic E-state index is 4.64. The quantitative estimate of drug-likeness (QED) is 0.929. The normalized spacial score (nSPS) is 19.1. The van der Waals surface area contributed by atoms with Gasteiger partial charge in [-0.2, -0.15) is 16.4 Å². The van der Waals surface area contributed by atoms with E-state index in [2.05, 4.69) is 58.9 Å². The standard InChI is InChI=1S/C16H23N3S/c1-16(2,3)19-15-6-4-5-14(13(15)10-18-19)17-9-12-7-8-20-11-12/h7-8,10-11,14,17H,4-6,9H2,1-3H3/t14-/m0/s1. The van der Waals surface area contributed by atoms with Gasteiger partial charge < -0.3 is 5.32 Å². The van der Waals surface area contributed by atoms with Crippen LogP contribution in [0.4, 0.5) is 0 Å². The number of aromatic nitrogens is 2. The molecule has 0 spiro atoms. The Hall–Kier alpha value is -1.13. The van der Waals surface area contributed by atoms with Gasteiger partial charge in [0.15, 0.2) is 0 Å². The van der Waals surface area contributed by atoms with E-state index in [1.165, 1.54) is 29.7 Å². The molecule has 1 atom stereocenters. The van der Waals surface area contributed by atoms with Crippen LogP contribution in [0, 0.1) is 0 Å². The van der Waals surface area contributed by atoms with Crippen LogP contribution in [0.1, 0.15) is 56.5 Å². The molecular weight excluding hydrogens is 266 g/mol. The molecule has 2 aromatic rings. The van der Waals surface area contributed by atoms with Gasteiger partial charge in [0.05, 0.1) is 11.7 Å². The summed E-state index contributed by atoms with van der Waals surface area (Å²) in [6.07, 6.45) is 5.69. The number of nitrogens with one attached hydrogen (secondary N) is 1. The predicted molar refractivity (Wildman–Crippen MR) is 84.1 cm³/mol. The minimum atomic E-state index is 0.0723. The average Bonchev–Trinajstić information content (AvgIpc) is 3.04. The highest BCUT2D eigenvalue weighted by atomic mass is 32.1. The van der Waals surface area contributed by atoms with Crippen LogP contribution in [-0.2, 0) is 18.5 Å². The van der Waals surface area contributed by atoms with Crippen molar-refractivity contribution < 1.29 is 0 Å². The summed E-state index contributed by atoms with van der Waals surface area (Å²) in [6.45, 7) is 7.63. The van der Waals surface area contributed by atoms with Crippen LogP contribution in [0.15, 0.2) is 23.0 Å². The number of hydrogen-bond donors (Lipinski definition) is 1. The number of hydrogen-bond acceptors (Lipinski definition) is 3. The van der Waals surface area contributed by atoms with Crippen molar-refractivity contribution in [2.24, 2.45) is 0 Å². The van der Waals surface area contributed by atoms with Crippen molar-refractivity contribution in [1.82, 2.24) is 15.1 Å². The molecule has 0 amide bonds. The lowest BCUT2D eigenvalue weighted by molar-refractivity contribution is 0.334. The fourth-order valence-electron chi connectivity index (χ4n) is 2.98. The summed E-state index contributed by atoms with van der Waals surface area (Å²) in [5, 5.41) is 12.7. The lowest BCUT2D eigenvalue weighted by Gasteiger charge is -2.28. The Balaban J connectivity index is 1.78. The molecule has 4 heteroatoms. The van der Waals surface area contributed by atoms with Gasteiger partial charge in [-0.1, -0.05) is 0 Å². The molecule has 0 unspecified atom stereocenters. The molecule has 1 aliphatic carbocycles. The summed E-state index contributed by atoms with van der Waals surface area (Å²) in [6, 6.07) is 2.65. The first-order valence-corrected chi connectivity index (χ1v) is 8.32. The van der Waals surface area contributed by atoms with E-state index in [-0.39, 0.29) is 5.54 Å². The number of nitrogens with zero attached hydrogens (tertiary/aromatic N) is 2. The molecule has 108 valence electrons. The third-order valence-corrected chi connectivity index (χ3v) is 4.68. The van der Waals surface area contributed by atoms with E-state index in [9.17, 15) is 0 Å². The first kappa shape index (κ1) is 13.8. The van der Waals surface area contributed by atoms with Gasteiger partial charge in [0.2, 0.25) is 0 Å². The summed E-state index contributed by atoms with van der Waals surface area (Å²) in [5.74, 6) is 0. The second kappa shape index (κ2) is 5.34. The van der Waals surface area contributed by atoms with E-state index in [0.29, 0.717) is 6.04 Å². The molecule has 0 fully saturated rings. The smallest absolute Gasteiger partial charge is 0.0546 e. The van der Waals surface area contributed by atoms with Gasteiger partial charge in [-0.15, -0.1) is 0 Å². The summed E-state index contributed by atoms with van der Waals surface area (Å²) < 4.78 is 2.21. The molecular formula is C16H23N3S. The van der Waals surface area contributed by atoms with E-state index in [0.717, 1.165) is 13.0 Å². The predicted octanol–water partition coefficient (Wildman–Crippen LogP) is 3.87. The molecule has 1 aliphatic rings. The number of rotatable bonds is 3. The van der Waals surface area contributed by atoms with Gasteiger partial charge >= 0.3 is 0 Å². The largest absolute Gasteiger partial charge is 0.306 e. The first-order chi connectivity index (χ1) is 9.55. The van der Waals surface area contributed by atoms with Crippen LogP contribution in [-0.4, -0.2) is 9.78 Å². The SMILES string of the molecule is CC(C)(C)n1ncc2c1CCC[C@@H]2NCc1ccsc1. The monoisotopic (exact) mass is 289 g/mol. The fourth-order valence-corrected chi connectivity index (χ4v) is 3.65. The summed E-state index contributed by atoms with van der Waals surface area (Å²) >= 11 is 1.76. The van der Waals surface area contributed by atoms with Gasteiger partial charge in [-0.05, 0) is 62.4 Å². The van der Waals surface area contributed by atoms with E-state index in [4.69, 9.17) is 0 Å². The Morgan fingerprint density at radius 1 is 1.45 bits per heavy atom. The second-order valence-corrected chi connectivity index (χ2v) is 7.37. The van der Waals surface area contributed by atoms with E-state index in [1.807, 2.05) is 0 Å². The molecule has 3 nitrogen and oxygen atoms in total. The van der Waals surface area contributed by atoms with Gasteiger partial charge in [0, 0.05) is 23.8 Å². The van der Waals surface area contributed by atoms with Crippen molar-refractivity contribution in [2.75, 3.05) is 0 Å². The Morgan fingerprint density at radius 2 is 2.30 bits per heavy atom. The molecule has 0 saturated carbocycles. The lowest BCUT2D eigenvalue weighted by atomic mass is 9.92. The van der Waals surface area contributed by atoms with Crippen LogP contribution in [0.25, 0.3) is 0 Å². The average molecular weight is 289 g/mol. The molecule has 2 heterocycles. The highest BCUT2D eigenvalue weighted by Gasteiger charge is 2.27. The Morgan fingerprint density at radius 3 is 3.00 bits per heavy atom. The van der Waals surface area contributed by atoms with Gasteiger partial charge in [0.1, 0.15) is 0 Å². The zero-order valence-corrected chi connectivity index (χ0v) is 13.3. The molecule has 0 aromatic carbocycles. The van der Waals surface area contributed by atoms with Crippen LogP contribution >= 0.6 is 11.3 Å². The highest BCUT2D eigenvalue weighted by molar-refractivity contribution is 7.07. The van der Waals surface area contributed by atoms with E-state index >= 15 is 0 Å². The molecule has 0 bridgehead atoms. The Kier molecular flexibility index (Phi) is 3.69. The molecule has 1 N–H and O–H groups in total. The Labute approximate surface area is 125 Å². The molecule has 3 rings (SSSR count). The topological polar surface area (TPSA) is 29.9 Å². The lowest BCUT2D eigenvalue weighted by Crippen LogP contribution is -2.29. The third kappa shape index (κ3) is 2.67. The first-order valence-electron chi connectivity index (χ1n) is 7.37. The molecule has 0 saturated heterocycles. The number of fused-ring (bicyclic) bond motifs is 1. The van der Waals surface area contributed by atoms with Crippen molar-refractivity contribution in [3.8, 4) is 0 Å². The van der Waals surface area contributed by atoms with Crippen LogP contribution in [0.3, 0.4) is 0 Å². The van der Waals surface area contributed by atoms with Crippen molar-refractivity contribution in [1.29, 1.82) is 0 Å². The summed E-state index contributed by atoms with van der Waals surface area (Å²) in [5.41, 5.74) is 4.28. The fraction of sp³-hybridized carbons (Fsp3) is 0.562. The maximum atomic E-state index is 4.64. The van der Waals surface area contributed by atoms with Crippen molar-refractivity contribution in [3.63, 3.8) is 0 Å². The van der Waals surface area contributed by atoms with Crippen LogP contribution in [0.2, 0.25) is 0 Å². The molecule has 0 aliphatic heterocycles. The maximum Gasteiger partial charge on any atom is 0.0546 e. The third-order valence-electron chi connectivity index (χ3n) is 3.95. The zero-order valence-electron chi connectivity index (χ0n) is 12.5. The molecule has 20 heavy (non-hydrogen) atoms. The van der Waals surface area contributed by atoms with E-state index in [1.54, 1.807) is 11.3 Å². The number of thiophene rings is 1. The van der Waals surface area contributed by atoms with Crippen LogP contribution < -0.4 is 5.32 Å². The Bertz CT molecular complexity index is 563. The van der Waals surface area contributed by atoms with Crippen molar-refractivity contribution >= 4 is 11.3 Å². The minimum absolute atomic E-state index is 0.0723. The van der Waals surface area contributed by atoms with E-state index < -0.39 is 0 Å². The van der Waals surface area contributed by atoms with Crippen molar-refractivity contribution in [3.05, 3.63) is 39.8 Å². The summed E-state index contributed by atoms with van der Waals surface area (Å²) in [4.78, 5) is 0. The van der Waals surface area contributed by atoms with Gasteiger partial charge in [0.25, 0.3) is 0 Å². The second-order valence-electron chi connectivity index (χ2n) is 6.59. The molecule has 0 radical (unpaired) electrons. The zero-order chi connectivity index (χ0) is 14.2. The van der Waals surface area contributed by atoms with Gasteiger partial charge in [-0.25, -0.2) is 0 Å². The highest BCUT2D eigenvalue weighted by Crippen LogP contribution is 2.32. The summed E-state index contributed by atoms with van der Waals surface area (Å²) in [7, 11) is 0. The minimum Gasteiger partial charge on any atom is -0.306 e. The van der Waals surface area contributed by atoms with Gasteiger partial charge in [-0.3, -0.25) is 4.68 Å². The molecule has 2 aromatic heterocycles. The van der Waals surface area contributed by atoms with Crippen LogP contribution in [0.5, 0.6) is 0 Å².